The minimum atomic E-state index is -0.545. The van der Waals surface area contributed by atoms with Crippen molar-refractivity contribution in [2.45, 2.75) is 56.7 Å². The van der Waals surface area contributed by atoms with E-state index in [-0.39, 0.29) is 43.0 Å². The van der Waals surface area contributed by atoms with Crippen LogP contribution < -0.4 is 5.32 Å². The summed E-state index contributed by atoms with van der Waals surface area (Å²) in [5.74, 6) is -0.382. The van der Waals surface area contributed by atoms with Crippen molar-refractivity contribution in [1.82, 2.24) is 15.2 Å². The predicted octanol–water partition coefficient (Wildman–Crippen LogP) is 2.10. The molecule has 1 aromatic carbocycles. The van der Waals surface area contributed by atoms with Gasteiger partial charge in [-0.05, 0) is 30.5 Å². The highest BCUT2D eigenvalue weighted by molar-refractivity contribution is 7.09. The number of aliphatic hydroxyl groups is 1. The molecule has 0 spiro atoms. The minimum absolute atomic E-state index is 0.0883. The van der Waals surface area contributed by atoms with Gasteiger partial charge in [0.15, 0.2) is 0 Å². The maximum absolute atomic E-state index is 13.0. The second kappa shape index (κ2) is 10.6. The van der Waals surface area contributed by atoms with E-state index in [2.05, 4.69) is 15.2 Å². The lowest BCUT2D eigenvalue weighted by molar-refractivity contribution is -0.158. The molecule has 9 heteroatoms. The summed E-state index contributed by atoms with van der Waals surface area (Å²) in [6.45, 7) is 2.20. The van der Waals surface area contributed by atoms with Crippen molar-refractivity contribution in [2.24, 2.45) is 0 Å². The largest absolute Gasteiger partial charge is 0.389 e. The van der Waals surface area contributed by atoms with Gasteiger partial charge in [0, 0.05) is 30.7 Å². The van der Waals surface area contributed by atoms with E-state index in [0.29, 0.717) is 26.2 Å². The molecule has 1 aromatic heterocycles. The van der Waals surface area contributed by atoms with Crippen LogP contribution in [0.4, 0.5) is 4.39 Å². The molecule has 3 heterocycles. The van der Waals surface area contributed by atoms with E-state index in [0.717, 1.165) is 23.4 Å². The van der Waals surface area contributed by atoms with Gasteiger partial charge >= 0.3 is 0 Å². The van der Waals surface area contributed by atoms with Crippen LogP contribution in [0.2, 0.25) is 0 Å². The van der Waals surface area contributed by atoms with Crippen LogP contribution in [-0.4, -0.2) is 65.0 Å². The maximum Gasteiger partial charge on any atom is 0.222 e. The van der Waals surface area contributed by atoms with E-state index in [1.807, 2.05) is 5.38 Å². The lowest BCUT2D eigenvalue weighted by Crippen LogP contribution is -2.55. The van der Waals surface area contributed by atoms with Crippen LogP contribution in [0, 0.1) is 5.82 Å². The highest BCUT2D eigenvalue weighted by Crippen LogP contribution is 2.29. The van der Waals surface area contributed by atoms with E-state index in [9.17, 15) is 14.3 Å². The molecule has 7 nitrogen and oxygen atoms in total. The Bertz CT molecular complexity index is 836. The molecule has 168 valence electrons. The smallest absolute Gasteiger partial charge is 0.222 e. The number of aromatic nitrogens is 1. The number of carbonyl (C=O) groups excluding carboxylic acids is 1. The Balaban J connectivity index is 1.31. The molecule has 2 saturated heterocycles. The minimum Gasteiger partial charge on any atom is -0.389 e. The van der Waals surface area contributed by atoms with Gasteiger partial charge in [-0.15, -0.1) is 11.3 Å². The summed E-state index contributed by atoms with van der Waals surface area (Å²) in [4.78, 5) is 19.0. The Labute approximate surface area is 185 Å². The number of fused-ring (bicyclic) bond motifs is 1. The maximum atomic E-state index is 13.0. The molecule has 0 aliphatic carbocycles. The molecule has 31 heavy (non-hydrogen) atoms. The number of halogens is 1. The van der Waals surface area contributed by atoms with Gasteiger partial charge < -0.3 is 19.9 Å². The van der Waals surface area contributed by atoms with Crippen LogP contribution in [-0.2, 0) is 27.4 Å². The zero-order valence-electron chi connectivity index (χ0n) is 17.3. The van der Waals surface area contributed by atoms with Gasteiger partial charge in [0.1, 0.15) is 10.8 Å². The third kappa shape index (κ3) is 6.30. The Morgan fingerprint density at radius 3 is 2.90 bits per heavy atom. The average molecular weight is 450 g/mol. The van der Waals surface area contributed by atoms with Gasteiger partial charge in [-0.2, -0.15) is 0 Å². The average Bonchev–Trinajstić information content (AvgIpc) is 3.25. The third-order valence-electron chi connectivity index (χ3n) is 5.73. The quantitative estimate of drug-likeness (QED) is 0.703. The summed E-state index contributed by atoms with van der Waals surface area (Å²) in [5.41, 5.74) is 0.851. The molecule has 2 N–H and O–H groups in total. The molecule has 0 unspecified atom stereocenters. The zero-order chi connectivity index (χ0) is 21.6. The van der Waals surface area contributed by atoms with Gasteiger partial charge in [0.05, 0.1) is 44.5 Å². The lowest BCUT2D eigenvalue weighted by atomic mass is 9.94. The molecule has 1 amide bonds. The summed E-state index contributed by atoms with van der Waals surface area (Å²) < 4.78 is 24.9. The highest BCUT2D eigenvalue weighted by Gasteiger charge is 2.38. The number of carbonyl (C=O) groups is 1. The monoisotopic (exact) mass is 449 g/mol. The standard InChI is InChI=1S/C22H28FN3O4S/c23-16-3-1-15(2-4-16)10-25-21(28)9-18-5-6-19-20(30-18)14-29-13-17(27)11-26(19)12-22-24-7-8-31-22/h1-4,7-8,17-20,27H,5-6,9-14H2,(H,25,28)/t17-,18-,19+,20-/m0/s1. The van der Waals surface area contributed by atoms with Crippen molar-refractivity contribution in [3.05, 3.63) is 52.2 Å². The summed E-state index contributed by atoms with van der Waals surface area (Å²) >= 11 is 1.60. The molecule has 0 saturated carbocycles. The number of aliphatic hydroxyl groups excluding tert-OH is 1. The highest BCUT2D eigenvalue weighted by atomic mass is 32.1. The first-order valence-corrected chi connectivity index (χ1v) is 11.5. The van der Waals surface area contributed by atoms with Crippen molar-refractivity contribution in [3.8, 4) is 0 Å². The number of ether oxygens (including phenoxy) is 2. The number of nitrogens with zero attached hydrogens (tertiary/aromatic N) is 2. The second-order valence-corrected chi connectivity index (χ2v) is 9.07. The van der Waals surface area contributed by atoms with Gasteiger partial charge in [-0.3, -0.25) is 9.69 Å². The normalized spacial score (nSPS) is 27.2. The summed E-state index contributed by atoms with van der Waals surface area (Å²) in [5, 5.41) is 16.1. The van der Waals surface area contributed by atoms with E-state index < -0.39 is 6.10 Å². The Hall–Kier alpha value is -1.91. The SMILES string of the molecule is O=C(C[C@@H]1CC[C@@H]2[C@H](COC[C@@H](O)CN2Cc2nccs2)O1)NCc1ccc(F)cc1. The van der Waals surface area contributed by atoms with E-state index >= 15 is 0 Å². The number of amides is 1. The van der Waals surface area contributed by atoms with Crippen molar-refractivity contribution in [3.63, 3.8) is 0 Å². The molecule has 2 fully saturated rings. The van der Waals surface area contributed by atoms with Crippen molar-refractivity contribution in [1.29, 1.82) is 0 Å². The fraction of sp³-hybridized carbons (Fsp3) is 0.545. The topological polar surface area (TPSA) is 83.9 Å². The number of β-amino-alcohol motifs (C(OH)–C–C–N with tert-alkyl or cyclic N) is 1. The van der Waals surface area contributed by atoms with Crippen LogP contribution in [0.1, 0.15) is 29.8 Å². The molecule has 4 rings (SSSR count). The molecule has 2 aromatic rings. The Morgan fingerprint density at radius 2 is 2.13 bits per heavy atom. The first kappa shape index (κ1) is 22.3. The van der Waals surface area contributed by atoms with Crippen LogP contribution in [0.5, 0.6) is 0 Å². The predicted molar refractivity (Wildman–Crippen MR) is 114 cm³/mol. The van der Waals surface area contributed by atoms with Crippen LogP contribution in [0.25, 0.3) is 0 Å². The van der Waals surface area contributed by atoms with Crippen molar-refractivity contribution >= 4 is 17.2 Å². The number of thiazole rings is 1. The van der Waals surface area contributed by atoms with Crippen LogP contribution >= 0.6 is 11.3 Å². The van der Waals surface area contributed by atoms with E-state index in [1.54, 1.807) is 29.7 Å². The summed E-state index contributed by atoms with van der Waals surface area (Å²) in [6, 6.07) is 6.20. The first-order chi connectivity index (χ1) is 15.1. The number of hydrogen-bond acceptors (Lipinski definition) is 7. The van der Waals surface area contributed by atoms with Gasteiger partial charge in [0.25, 0.3) is 0 Å². The Morgan fingerprint density at radius 1 is 1.29 bits per heavy atom. The summed E-state index contributed by atoms with van der Waals surface area (Å²) in [6.07, 6.45) is 2.81. The van der Waals surface area contributed by atoms with Crippen LogP contribution in [0.15, 0.2) is 35.8 Å². The Kier molecular flexibility index (Phi) is 7.62. The van der Waals surface area contributed by atoms with Crippen LogP contribution in [0.3, 0.4) is 0 Å². The van der Waals surface area contributed by atoms with Gasteiger partial charge in [0.2, 0.25) is 5.91 Å². The zero-order valence-corrected chi connectivity index (χ0v) is 18.1. The molecule has 2 aliphatic heterocycles. The lowest BCUT2D eigenvalue weighted by Gasteiger charge is -2.44. The van der Waals surface area contributed by atoms with Gasteiger partial charge in [-0.1, -0.05) is 12.1 Å². The fourth-order valence-corrected chi connectivity index (χ4v) is 4.86. The third-order valence-corrected chi connectivity index (χ3v) is 6.49. The number of hydrogen-bond donors (Lipinski definition) is 2. The molecule has 0 bridgehead atoms. The van der Waals surface area contributed by atoms with Crippen molar-refractivity contribution < 1.29 is 23.8 Å². The van der Waals surface area contributed by atoms with E-state index in [4.69, 9.17) is 9.47 Å². The fourth-order valence-electron chi connectivity index (χ4n) is 4.21. The number of nitrogens with one attached hydrogen (secondary N) is 1. The molecule has 2 aliphatic rings. The number of benzene rings is 1. The molecular formula is C22H28FN3O4S. The van der Waals surface area contributed by atoms with E-state index in [1.165, 1.54) is 12.1 Å². The molecule has 0 radical (unpaired) electrons. The summed E-state index contributed by atoms with van der Waals surface area (Å²) in [7, 11) is 0. The molecular weight excluding hydrogens is 421 g/mol. The van der Waals surface area contributed by atoms with Crippen molar-refractivity contribution in [2.75, 3.05) is 19.8 Å². The second-order valence-electron chi connectivity index (χ2n) is 8.10. The first-order valence-electron chi connectivity index (χ1n) is 10.6. The van der Waals surface area contributed by atoms with Gasteiger partial charge in [-0.25, -0.2) is 9.37 Å². The number of rotatable bonds is 6. The molecule has 4 atom stereocenters.